The molecule has 0 aromatic heterocycles. The molecule has 6 heteroatoms. The van der Waals surface area contributed by atoms with Crippen molar-refractivity contribution in [2.24, 2.45) is 28.6 Å². The third kappa shape index (κ3) is 4.75. The number of ether oxygens (including phenoxy) is 3. The second-order valence-electron chi connectivity index (χ2n) is 10.1. The summed E-state index contributed by atoms with van der Waals surface area (Å²) in [6.45, 7) is 8.19. The molecule has 3 rings (SSSR count). The van der Waals surface area contributed by atoms with Crippen LogP contribution in [-0.2, 0) is 23.8 Å². The minimum Gasteiger partial charge on any atom is -0.481 e. The molecule has 1 aliphatic heterocycles. The quantitative estimate of drug-likeness (QED) is 0.350. The van der Waals surface area contributed by atoms with Gasteiger partial charge in [-0.3, -0.25) is 9.59 Å². The zero-order valence-corrected chi connectivity index (χ0v) is 18.9. The molecule has 0 amide bonds. The molecule has 6 atom stereocenters. The maximum atomic E-state index is 11.8. The van der Waals surface area contributed by atoms with Crippen LogP contribution in [0.2, 0.25) is 0 Å². The lowest BCUT2D eigenvalue weighted by atomic mass is 9.46. The lowest BCUT2D eigenvalue weighted by molar-refractivity contribution is -0.151. The Bertz CT molecular complexity index is 673. The highest BCUT2D eigenvalue weighted by molar-refractivity contribution is 5.90. The second-order valence-corrected chi connectivity index (χ2v) is 10.1. The topological polar surface area (TPSA) is 82.1 Å². The number of rotatable bonds is 8. The Labute approximate surface area is 180 Å². The van der Waals surface area contributed by atoms with E-state index >= 15 is 0 Å². The highest BCUT2D eigenvalue weighted by Gasteiger charge is 2.54. The number of aliphatic carboxylic acids is 1. The van der Waals surface area contributed by atoms with Crippen molar-refractivity contribution < 1.29 is 28.9 Å². The van der Waals surface area contributed by atoms with Crippen LogP contribution in [0.25, 0.3) is 0 Å². The van der Waals surface area contributed by atoms with E-state index in [1.807, 2.05) is 0 Å². The molecule has 6 unspecified atom stereocenters. The summed E-state index contributed by atoms with van der Waals surface area (Å²) >= 11 is 0. The SMILES string of the molecule is COC1CC(CCC2(C)C(C)CCC3(C)C(COC(=O)CC(=O)O)=CCCC32)CO1. The number of allylic oxidation sites excluding steroid dienone is 1. The molecule has 2 aliphatic carbocycles. The fourth-order valence-corrected chi connectivity index (χ4v) is 6.29. The van der Waals surface area contributed by atoms with E-state index in [4.69, 9.17) is 19.3 Å². The van der Waals surface area contributed by atoms with Crippen LogP contribution >= 0.6 is 0 Å². The summed E-state index contributed by atoms with van der Waals surface area (Å²) in [6, 6.07) is 0. The molecule has 1 N–H and O–H groups in total. The van der Waals surface area contributed by atoms with E-state index in [2.05, 4.69) is 26.8 Å². The maximum absolute atomic E-state index is 11.8. The highest BCUT2D eigenvalue weighted by Crippen LogP contribution is 2.62. The van der Waals surface area contributed by atoms with Crippen LogP contribution in [0.1, 0.15) is 72.1 Å². The Kier molecular flexibility index (Phi) is 7.28. The van der Waals surface area contributed by atoms with E-state index < -0.39 is 18.4 Å². The van der Waals surface area contributed by atoms with Crippen LogP contribution in [0.4, 0.5) is 0 Å². The van der Waals surface area contributed by atoms with Gasteiger partial charge in [-0.2, -0.15) is 0 Å². The van der Waals surface area contributed by atoms with Crippen LogP contribution in [0.15, 0.2) is 11.6 Å². The van der Waals surface area contributed by atoms with Crippen LogP contribution in [0.3, 0.4) is 0 Å². The molecule has 2 fully saturated rings. The minimum absolute atomic E-state index is 0.00422. The first-order valence-corrected chi connectivity index (χ1v) is 11.4. The monoisotopic (exact) mass is 422 g/mol. The lowest BCUT2D eigenvalue weighted by Gasteiger charge is -2.58. The number of carbonyl (C=O) groups excluding carboxylic acids is 1. The highest BCUT2D eigenvalue weighted by atomic mass is 16.7. The predicted molar refractivity (Wildman–Crippen MR) is 113 cm³/mol. The molecular weight excluding hydrogens is 384 g/mol. The summed E-state index contributed by atoms with van der Waals surface area (Å²) in [7, 11) is 1.71. The minimum atomic E-state index is -1.15. The molecule has 3 aliphatic rings. The molecule has 0 radical (unpaired) electrons. The summed E-state index contributed by atoms with van der Waals surface area (Å²) in [5.41, 5.74) is 1.41. The Morgan fingerprint density at radius 2 is 2.07 bits per heavy atom. The van der Waals surface area contributed by atoms with Gasteiger partial charge in [-0.15, -0.1) is 0 Å². The Hall–Kier alpha value is -1.40. The first kappa shape index (κ1) is 23.3. The molecule has 1 heterocycles. The smallest absolute Gasteiger partial charge is 0.317 e. The molecule has 1 saturated carbocycles. The van der Waals surface area contributed by atoms with Gasteiger partial charge in [0.2, 0.25) is 0 Å². The fraction of sp³-hybridized carbons (Fsp3) is 0.833. The zero-order valence-electron chi connectivity index (χ0n) is 18.9. The van der Waals surface area contributed by atoms with Crippen molar-refractivity contribution in [2.45, 2.75) is 78.4 Å². The lowest BCUT2D eigenvalue weighted by Crippen LogP contribution is -2.50. The van der Waals surface area contributed by atoms with E-state index in [1.54, 1.807) is 7.11 Å². The number of carbonyl (C=O) groups is 2. The molecule has 1 saturated heterocycles. The average molecular weight is 423 g/mol. The van der Waals surface area contributed by atoms with Gasteiger partial charge in [-0.1, -0.05) is 26.8 Å². The normalized spacial score (nSPS) is 38.6. The van der Waals surface area contributed by atoms with Gasteiger partial charge in [0.1, 0.15) is 13.0 Å². The van der Waals surface area contributed by atoms with Gasteiger partial charge in [0.25, 0.3) is 0 Å². The van der Waals surface area contributed by atoms with Gasteiger partial charge in [0.05, 0.1) is 6.61 Å². The number of methoxy groups -OCH3 is 1. The molecule has 30 heavy (non-hydrogen) atoms. The van der Waals surface area contributed by atoms with Gasteiger partial charge in [-0.05, 0) is 72.7 Å². The Morgan fingerprint density at radius 3 is 2.73 bits per heavy atom. The molecule has 0 aromatic rings. The summed E-state index contributed by atoms with van der Waals surface area (Å²) in [5, 5.41) is 8.81. The van der Waals surface area contributed by atoms with E-state index in [-0.39, 0.29) is 23.7 Å². The van der Waals surface area contributed by atoms with Gasteiger partial charge < -0.3 is 19.3 Å². The summed E-state index contributed by atoms with van der Waals surface area (Å²) in [6.07, 6.45) is 9.31. The molecule has 0 aromatic carbocycles. The number of fused-ring (bicyclic) bond motifs is 1. The molecule has 170 valence electrons. The van der Waals surface area contributed by atoms with E-state index in [1.165, 1.54) is 12.0 Å². The van der Waals surface area contributed by atoms with Gasteiger partial charge >= 0.3 is 11.9 Å². The fourth-order valence-electron chi connectivity index (χ4n) is 6.29. The average Bonchev–Trinajstić information content (AvgIpc) is 3.16. The number of hydrogen-bond donors (Lipinski definition) is 1. The maximum Gasteiger partial charge on any atom is 0.317 e. The van der Waals surface area contributed by atoms with Crippen molar-refractivity contribution >= 4 is 11.9 Å². The van der Waals surface area contributed by atoms with Gasteiger partial charge in [-0.25, -0.2) is 0 Å². The van der Waals surface area contributed by atoms with Crippen LogP contribution < -0.4 is 0 Å². The first-order valence-electron chi connectivity index (χ1n) is 11.4. The second kappa shape index (κ2) is 9.39. The Balaban J connectivity index is 1.68. The van der Waals surface area contributed by atoms with Crippen molar-refractivity contribution in [1.82, 2.24) is 0 Å². The number of hydrogen-bond acceptors (Lipinski definition) is 5. The number of carboxylic acids is 1. The zero-order chi connectivity index (χ0) is 21.9. The molecular formula is C24H38O6. The summed E-state index contributed by atoms with van der Waals surface area (Å²) < 4.78 is 16.4. The van der Waals surface area contributed by atoms with Crippen molar-refractivity contribution in [3.63, 3.8) is 0 Å². The van der Waals surface area contributed by atoms with Crippen LogP contribution in [-0.4, -0.2) is 43.7 Å². The number of carboxylic acid groups (broad SMARTS) is 1. The summed E-state index contributed by atoms with van der Waals surface area (Å²) in [4.78, 5) is 22.5. The van der Waals surface area contributed by atoms with Crippen LogP contribution in [0, 0.1) is 28.6 Å². The molecule has 6 nitrogen and oxygen atoms in total. The standard InChI is InChI=1S/C24H38O6/c1-16-8-10-24(3)18(15-29-21(27)13-20(25)26)6-5-7-19(24)23(16,2)11-9-17-12-22(28-4)30-14-17/h6,16-17,19,22H,5,7-15H2,1-4H3,(H,25,26). The van der Waals surface area contributed by atoms with Gasteiger partial charge in [0.15, 0.2) is 6.29 Å². The van der Waals surface area contributed by atoms with E-state index in [0.29, 0.717) is 17.8 Å². The third-order valence-electron chi connectivity index (χ3n) is 8.45. The number of esters is 1. The van der Waals surface area contributed by atoms with Crippen molar-refractivity contribution in [2.75, 3.05) is 20.3 Å². The summed E-state index contributed by atoms with van der Waals surface area (Å²) in [5.74, 6) is -0.0670. The van der Waals surface area contributed by atoms with Crippen molar-refractivity contribution in [3.8, 4) is 0 Å². The first-order chi connectivity index (χ1) is 14.2. The predicted octanol–water partition coefficient (Wildman–Crippen LogP) is 4.57. The largest absolute Gasteiger partial charge is 0.481 e. The van der Waals surface area contributed by atoms with E-state index in [0.717, 1.165) is 45.1 Å². The van der Waals surface area contributed by atoms with Crippen molar-refractivity contribution in [1.29, 1.82) is 0 Å². The molecule has 0 spiro atoms. The van der Waals surface area contributed by atoms with E-state index in [9.17, 15) is 9.59 Å². The van der Waals surface area contributed by atoms with Crippen LogP contribution in [0.5, 0.6) is 0 Å². The molecule has 0 bridgehead atoms. The third-order valence-corrected chi connectivity index (χ3v) is 8.45. The van der Waals surface area contributed by atoms with Gasteiger partial charge in [0, 0.05) is 13.5 Å². The Morgan fingerprint density at radius 1 is 1.30 bits per heavy atom. The van der Waals surface area contributed by atoms with Crippen molar-refractivity contribution in [3.05, 3.63) is 11.6 Å².